The molecule has 28 heavy (non-hydrogen) atoms. The highest BCUT2D eigenvalue weighted by atomic mass is 35.5. The second kappa shape index (κ2) is 8.46. The van der Waals surface area contributed by atoms with E-state index in [4.69, 9.17) is 11.6 Å². The molecule has 0 radical (unpaired) electrons. The van der Waals surface area contributed by atoms with Gasteiger partial charge in [-0.05, 0) is 57.9 Å². The fourth-order valence-corrected chi connectivity index (χ4v) is 3.71. The minimum atomic E-state index is 0.519. The van der Waals surface area contributed by atoms with Gasteiger partial charge in [-0.2, -0.15) is 0 Å². The first-order chi connectivity index (χ1) is 13.7. The van der Waals surface area contributed by atoms with Crippen molar-refractivity contribution in [3.05, 3.63) is 119 Å². The molecule has 138 valence electrons. The van der Waals surface area contributed by atoms with Crippen LogP contribution in [-0.2, 0) is 6.42 Å². The summed E-state index contributed by atoms with van der Waals surface area (Å²) in [6.45, 7) is 2.29. The Morgan fingerprint density at radius 2 is 1.00 bits per heavy atom. The van der Waals surface area contributed by atoms with Crippen molar-refractivity contribution in [2.24, 2.45) is 0 Å². The summed E-state index contributed by atoms with van der Waals surface area (Å²) < 4.78 is 0. The Hall–Kier alpha value is -2.83. The molecule has 1 atom stereocenters. The van der Waals surface area contributed by atoms with E-state index in [1.165, 1.54) is 33.4 Å². The fourth-order valence-electron chi connectivity index (χ4n) is 3.58. The SMILES string of the molecule is C[C@H](Cc1ccc(-c2ccc(-c3ccc(Cl)cc3)cc2)cc1)c1ccccc1. The lowest BCUT2D eigenvalue weighted by molar-refractivity contribution is 0.759. The van der Waals surface area contributed by atoms with Crippen LogP contribution in [0.1, 0.15) is 24.0 Å². The van der Waals surface area contributed by atoms with E-state index in [1.54, 1.807) is 0 Å². The number of hydrogen-bond acceptors (Lipinski definition) is 0. The van der Waals surface area contributed by atoms with E-state index in [9.17, 15) is 0 Å². The predicted octanol–water partition coefficient (Wildman–Crippen LogP) is 8.02. The Balaban J connectivity index is 1.47. The molecular weight excluding hydrogens is 360 g/mol. The molecule has 0 spiro atoms. The highest BCUT2D eigenvalue weighted by Gasteiger charge is 2.07. The van der Waals surface area contributed by atoms with Crippen LogP contribution in [0.15, 0.2) is 103 Å². The molecule has 0 bridgehead atoms. The zero-order valence-corrected chi connectivity index (χ0v) is 16.7. The molecule has 0 aromatic heterocycles. The highest BCUT2D eigenvalue weighted by Crippen LogP contribution is 2.27. The Labute approximate surface area is 172 Å². The van der Waals surface area contributed by atoms with Gasteiger partial charge in [-0.1, -0.05) is 110 Å². The summed E-state index contributed by atoms with van der Waals surface area (Å²) in [6.07, 6.45) is 1.06. The van der Waals surface area contributed by atoms with Gasteiger partial charge in [0.15, 0.2) is 0 Å². The first-order valence-electron chi connectivity index (χ1n) is 9.69. The van der Waals surface area contributed by atoms with Crippen molar-refractivity contribution in [3.63, 3.8) is 0 Å². The monoisotopic (exact) mass is 382 g/mol. The quantitative estimate of drug-likeness (QED) is 0.327. The maximum atomic E-state index is 5.98. The molecule has 0 aliphatic carbocycles. The van der Waals surface area contributed by atoms with Crippen LogP contribution >= 0.6 is 11.6 Å². The summed E-state index contributed by atoms with van der Waals surface area (Å²) in [7, 11) is 0. The van der Waals surface area contributed by atoms with Crippen LogP contribution in [0, 0.1) is 0 Å². The summed E-state index contributed by atoms with van der Waals surface area (Å²) in [5, 5.41) is 0.766. The van der Waals surface area contributed by atoms with Crippen LogP contribution in [0.5, 0.6) is 0 Å². The van der Waals surface area contributed by atoms with Gasteiger partial charge in [-0.25, -0.2) is 0 Å². The van der Waals surface area contributed by atoms with Crippen molar-refractivity contribution in [1.82, 2.24) is 0 Å². The molecule has 0 heterocycles. The van der Waals surface area contributed by atoms with Crippen LogP contribution in [0.4, 0.5) is 0 Å². The van der Waals surface area contributed by atoms with Crippen molar-refractivity contribution in [3.8, 4) is 22.3 Å². The summed E-state index contributed by atoms with van der Waals surface area (Å²) >= 11 is 5.98. The van der Waals surface area contributed by atoms with Crippen LogP contribution < -0.4 is 0 Å². The Morgan fingerprint density at radius 1 is 0.571 bits per heavy atom. The van der Waals surface area contributed by atoms with Gasteiger partial charge in [-0.3, -0.25) is 0 Å². The van der Waals surface area contributed by atoms with Gasteiger partial charge < -0.3 is 0 Å². The Bertz CT molecular complexity index is 1010. The average Bonchev–Trinajstić information content (AvgIpc) is 2.76. The lowest BCUT2D eigenvalue weighted by Crippen LogP contribution is -1.98. The maximum absolute atomic E-state index is 5.98. The maximum Gasteiger partial charge on any atom is 0.0406 e. The third-order valence-corrected chi connectivity index (χ3v) is 5.51. The molecule has 4 aromatic rings. The molecule has 0 aliphatic heterocycles. The lowest BCUT2D eigenvalue weighted by atomic mass is 9.92. The normalized spacial score (nSPS) is 11.9. The number of halogens is 1. The molecule has 4 rings (SSSR count). The van der Waals surface area contributed by atoms with E-state index in [0.717, 1.165) is 11.4 Å². The summed E-state index contributed by atoms with van der Waals surface area (Å²) in [6, 6.07) is 36.4. The minimum Gasteiger partial charge on any atom is -0.0843 e. The zero-order chi connectivity index (χ0) is 19.3. The van der Waals surface area contributed by atoms with Gasteiger partial charge in [0, 0.05) is 5.02 Å². The van der Waals surface area contributed by atoms with Gasteiger partial charge in [0.2, 0.25) is 0 Å². The van der Waals surface area contributed by atoms with Crippen molar-refractivity contribution in [2.75, 3.05) is 0 Å². The van der Waals surface area contributed by atoms with Crippen molar-refractivity contribution in [1.29, 1.82) is 0 Å². The van der Waals surface area contributed by atoms with Crippen molar-refractivity contribution < 1.29 is 0 Å². The van der Waals surface area contributed by atoms with Gasteiger partial charge in [0.05, 0.1) is 0 Å². The smallest absolute Gasteiger partial charge is 0.0406 e. The van der Waals surface area contributed by atoms with Crippen LogP contribution in [0.2, 0.25) is 5.02 Å². The molecule has 0 aliphatic rings. The van der Waals surface area contributed by atoms with E-state index in [0.29, 0.717) is 5.92 Å². The van der Waals surface area contributed by atoms with Crippen molar-refractivity contribution in [2.45, 2.75) is 19.3 Å². The van der Waals surface area contributed by atoms with E-state index in [1.807, 2.05) is 12.1 Å². The molecule has 0 nitrogen and oxygen atoms in total. The minimum absolute atomic E-state index is 0.519. The van der Waals surface area contributed by atoms with E-state index in [2.05, 4.69) is 97.9 Å². The molecule has 0 saturated carbocycles. The van der Waals surface area contributed by atoms with Crippen LogP contribution in [-0.4, -0.2) is 0 Å². The van der Waals surface area contributed by atoms with Gasteiger partial charge in [-0.15, -0.1) is 0 Å². The fraction of sp³-hybridized carbons (Fsp3) is 0.111. The van der Waals surface area contributed by atoms with E-state index < -0.39 is 0 Å². The van der Waals surface area contributed by atoms with E-state index in [-0.39, 0.29) is 0 Å². The number of rotatable bonds is 5. The van der Waals surface area contributed by atoms with Crippen LogP contribution in [0.3, 0.4) is 0 Å². The second-order valence-corrected chi connectivity index (χ2v) is 7.73. The molecule has 0 fully saturated rings. The zero-order valence-electron chi connectivity index (χ0n) is 16.0. The molecule has 0 unspecified atom stereocenters. The molecule has 0 N–H and O–H groups in total. The first-order valence-corrected chi connectivity index (χ1v) is 10.1. The Kier molecular flexibility index (Phi) is 5.60. The van der Waals surface area contributed by atoms with Crippen molar-refractivity contribution >= 4 is 11.6 Å². The molecule has 0 amide bonds. The van der Waals surface area contributed by atoms with Gasteiger partial charge >= 0.3 is 0 Å². The topological polar surface area (TPSA) is 0 Å². The molecular formula is C27H23Cl. The van der Waals surface area contributed by atoms with E-state index >= 15 is 0 Å². The third-order valence-electron chi connectivity index (χ3n) is 5.26. The van der Waals surface area contributed by atoms with Gasteiger partial charge in [0.25, 0.3) is 0 Å². The standard InChI is InChI=1S/C27H23Cl/c1-20(22-5-3-2-4-6-22)19-21-7-9-23(10-8-21)24-11-13-25(14-12-24)26-15-17-27(28)18-16-26/h2-18,20H,19H2,1H3/t20-/m1/s1. The summed E-state index contributed by atoms with van der Waals surface area (Å²) in [5.41, 5.74) is 7.64. The molecule has 4 aromatic carbocycles. The Morgan fingerprint density at radius 3 is 1.50 bits per heavy atom. The largest absolute Gasteiger partial charge is 0.0843 e. The highest BCUT2D eigenvalue weighted by molar-refractivity contribution is 6.30. The number of benzene rings is 4. The second-order valence-electron chi connectivity index (χ2n) is 7.30. The van der Waals surface area contributed by atoms with Gasteiger partial charge in [0.1, 0.15) is 0 Å². The average molecular weight is 383 g/mol. The first kappa shape index (κ1) is 18.5. The van der Waals surface area contributed by atoms with Crippen LogP contribution in [0.25, 0.3) is 22.3 Å². The summed E-state index contributed by atoms with van der Waals surface area (Å²) in [4.78, 5) is 0. The lowest BCUT2D eigenvalue weighted by Gasteiger charge is -2.12. The third kappa shape index (κ3) is 4.35. The number of hydrogen-bond donors (Lipinski definition) is 0. The summed E-state index contributed by atoms with van der Waals surface area (Å²) in [5.74, 6) is 0.519. The molecule has 1 heteroatoms. The molecule has 0 saturated heterocycles. The predicted molar refractivity (Wildman–Crippen MR) is 121 cm³/mol.